The third kappa shape index (κ3) is 2.05. The molecule has 0 saturated carbocycles. The number of rotatable bonds is 1. The van der Waals surface area contributed by atoms with E-state index in [-0.39, 0.29) is 11.1 Å². The van der Waals surface area contributed by atoms with Gasteiger partial charge in [0.1, 0.15) is 11.6 Å². The number of aryl methyl sites for hydroxylation is 3. The summed E-state index contributed by atoms with van der Waals surface area (Å²) in [6.45, 7) is 5.79. The standard InChI is InChI=1S/C15H14N2O/c1-9-4-5-10(2)12(6-9)13-7-11(3)17-15(18)14(13)8-16/h4-7H,1-3H3,(H,17,18). The Hall–Kier alpha value is -2.34. The van der Waals surface area contributed by atoms with E-state index < -0.39 is 0 Å². The van der Waals surface area contributed by atoms with Crippen LogP contribution in [-0.2, 0) is 0 Å². The number of aromatic amines is 1. The SMILES string of the molecule is Cc1ccc(C)c(-c2cc(C)[nH]c(=O)c2C#N)c1. The Balaban J connectivity index is 2.83. The molecule has 0 aliphatic heterocycles. The van der Waals surface area contributed by atoms with Gasteiger partial charge in [0.05, 0.1) is 0 Å². The summed E-state index contributed by atoms with van der Waals surface area (Å²) < 4.78 is 0. The van der Waals surface area contributed by atoms with E-state index in [1.807, 2.05) is 51.1 Å². The lowest BCUT2D eigenvalue weighted by atomic mass is 9.95. The van der Waals surface area contributed by atoms with Crippen molar-refractivity contribution in [2.45, 2.75) is 20.8 Å². The second-order valence-corrected chi connectivity index (χ2v) is 4.50. The van der Waals surface area contributed by atoms with Gasteiger partial charge < -0.3 is 4.98 Å². The van der Waals surface area contributed by atoms with Crippen molar-refractivity contribution in [1.29, 1.82) is 5.26 Å². The molecule has 18 heavy (non-hydrogen) atoms. The number of pyridine rings is 1. The molecule has 0 atom stereocenters. The van der Waals surface area contributed by atoms with E-state index in [2.05, 4.69) is 4.98 Å². The van der Waals surface area contributed by atoms with Gasteiger partial charge >= 0.3 is 0 Å². The lowest BCUT2D eigenvalue weighted by molar-refractivity contribution is 1.13. The number of aromatic nitrogens is 1. The Morgan fingerprint density at radius 3 is 2.50 bits per heavy atom. The van der Waals surface area contributed by atoms with Gasteiger partial charge in [-0.3, -0.25) is 4.79 Å². The maximum absolute atomic E-state index is 11.8. The monoisotopic (exact) mass is 238 g/mol. The summed E-state index contributed by atoms with van der Waals surface area (Å²) in [5, 5.41) is 9.14. The number of hydrogen-bond donors (Lipinski definition) is 1. The highest BCUT2D eigenvalue weighted by molar-refractivity contribution is 5.73. The van der Waals surface area contributed by atoms with Crippen molar-refractivity contribution in [1.82, 2.24) is 4.98 Å². The van der Waals surface area contributed by atoms with Gasteiger partial charge in [0.25, 0.3) is 5.56 Å². The highest BCUT2D eigenvalue weighted by Gasteiger charge is 2.12. The number of H-pyrrole nitrogens is 1. The Labute approximate surface area is 106 Å². The Morgan fingerprint density at radius 1 is 1.11 bits per heavy atom. The summed E-state index contributed by atoms with van der Waals surface area (Å²) in [6.07, 6.45) is 0. The van der Waals surface area contributed by atoms with Crippen LogP contribution < -0.4 is 5.56 Å². The van der Waals surface area contributed by atoms with E-state index in [9.17, 15) is 4.79 Å². The van der Waals surface area contributed by atoms with Crippen LogP contribution in [0.4, 0.5) is 0 Å². The average molecular weight is 238 g/mol. The van der Waals surface area contributed by atoms with Crippen molar-refractivity contribution in [3.05, 3.63) is 57.0 Å². The summed E-state index contributed by atoms with van der Waals surface area (Å²) in [4.78, 5) is 14.4. The Kier molecular flexibility index (Phi) is 3.03. The summed E-state index contributed by atoms with van der Waals surface area (Å²) in [6, 6.07) is 9.87. The van der Waals surface area contributed by atoms with E-state index in [0.717, 1.165) is 22.4 Å². The van der Waals surface area contributed by atoms with Gasteiger partial charge in [-0.05, 0) is 38.0 Å². The van der Waals surface area contributed by atoms with Crippen molar-refractivity contribution in [3.63, 3.8) is 0 Å². The molecule has 0 fully saturated rings. The summed E-state index contributed by atoms with van der Waals surface area (Å²) in [5.74, 6) is 0. The highest BCUT2D eigenvalue weighted by Crippen LogP contribution is 2.26. The quantitative estimate of drug-likeness (QED) is 0.830. The predicted molar refractivity (Wildman–Crippen MR) is 71.4 cm³/mol. The van der Waals surface area contributed by atoms with Gasteiger partial charge in [0.15, 0.2) is 0 Å². The van der Waals surface area contributed by atoms with E-state index in [1.54, 1.807) is 0 Å². The van der Waals surface area contributed by atoms with Crippen LogP contribution in [0.2, 0.25) is 0 Å². The fraction of sp³-hybridized carbons (Fsp3) is 0.200. The normalized spacial score (nSPS) is 10.1. The molecule has 1 aromatic carbocycles. The van der Waals surface area contributed by atoms with Crippen LogP contribution in [0.3, 0.4) is 0 Å². The lowest BCUT2D eigenvalue weighted by Crippen LogP contribution is -2.13. The van der Waals surface area contributed by atoms with Crippen LogP contribution in [0.15, 0.2) is 29.1 Å². The third-order valence-corrected chi connectivity index (χ3v) is 2.96. The second kappa shape index (κ2) is 4.50. The summed E-state index contributed by atoms with van der Waals surface area (Å²) in [7, 11) is 0. The zero-order valence-corrected chi connectivity index (χ0v) is 10.7. The molecule has 0 aliphatic carbocycles. The van der Waals surface area contributed by atoms with Crippen LogP contribution in [0.5, 0.6) is 0 Å². The van der Waals surface area contributed by atoms with Gasteiger partial charge in [0, 0.05) is 11.3 Å². The van der Waals surface area contributed by atoms with Crippen molar-refractivity contribution in [2.24, 2.45) is 0 Å². The minimum absolute atomic E-state index is 0.175. The molecule has 0 saturated heterocycles. The lowest BCUT2D eigenvalue weighted by Gasteiger charge is -2.09. The minimum atomic E-state index is -0.326. The predicted octanol–water partition coefficient (Wildman–Crippen LogP) is 2.84. The molecule has 1 aromatic heterocycles. The number of benzene rings is 1. The smallest absolute Gasteiger partial charge is 0.266 e. The average Bonchev–Trinajstić information content (AvgIpc) is 2.31. The zero-order valence-electron chi connectivity index (χ0n) is 10.7. The molecule has 3 nitrogen and oxygen atoms in total. The molecule has 2 aromatic rings. The summed E-state index contributed by atoms with van der Waals surface area (Å²) >= 11 is 0. The first-order valence-corrected chi connectivity index (χ1v) is 5.74. The van der Waals surface area contributed by atoms with Gasteiger partial charge in [-0.25, -0.2) is 0 Å². The van der Waals surface area contributed by atoms with Crippen molar-refractivity contribution in [2.75, 3.05) is 0 Å². The first kappa shape index (κ1) is 12.1. The van der Waals surface area contributed by atoms with Gasteiger partial charge in [-0.1, -0.05) is 23.8 Å². The maximum Gasteiger partial charge on any atom is 0.266 e. The highest BCUT2D eigenvalue weighted by atomic mass is 16.1. The fourth-order valence-corrected chi connectivity index (χ4v) is 2.04. The van der Waals surface area contributed by atoms with E-state index in [1.165, 1.54) is 0 Å². The van der Waals surface area contributed by atoms with E-state index in [4.69, 9.17) is 5.26 Å². The number of nitrogens with zero attached hydrogens (tertiary/aromatic N) is 1. The molecule has 0 amide bonds. The molecule has 1 heterocycles. The van der Waals surface area contributed by atoms with Gasteiger partial charge in [-0.2, -0.15) is 5.26 Å². The maximum atomic E-state index is 11.8. The fourth-order valence-electron chi connectivity index (χ4n) is 2.04. The molecule has 0 bridgehead atoms. The van der Waals surface area contributed by atoms with Gasteiger partial charge in [0.2, 0.25) is 0 Å². The van der Waals surface area contributed by atoms with E-state index >= 15 is 0 Å². The molecule has 0 aliphatic rings. The van der Waals surface area contributed by atoms with Gasteiger partial charge in [-0.15, -0.1) is 0 Å². The molecule has 90 valence electrons. The zero-order chi connectivity index (χ0) is 13.3. The molecule has 0 unspecified atom stereocenters. The number of nitrogens with one attached hydrogen (secondary N) is 1. The Bertz CT molecular complexity index is 705. The second-order valence-electron chi connectivity index (χ2n) is 4.50. The first-order chi connectivity index (χ1) is 8.52. The van der Waals surface area contributed by atoms with E-state index in [0.29, 0.717) is 5.56 Å². The van der Waals surface area contributed by atoms with Crippen LogP contribution in [-0.4, -0.2) is 4.98 Å². The van der Waals surface area contributed by atoms with Crippen LogP contribution in [0.25, 0.3) is 11.1 Å². The molecular formula is C15H14N2O. The largest absolute Gasteiger partial charge is 0.325 e. The van der Waals surface area contributed by atoms with Crippen LogP contribution in [0.1, 0.15) is 22.4 Å². The third-order valence-electron chi connectivity index (χ3n) is 2.96. The molecule has 3 heteroatoms. The summed E-state index contributed by atoms with van der Waals surface area (Å²) in [5.41, 5.74) is 4.43. The van der Waals surface area contributed by atoms with Crippen molar-refractivity contribution in [3.8, 4) is 17.2 Å². The Morgan fingerprint density at radius 2 is 1.83 bits per heavy atom. The van der Waals surface area contributed by atoms with Crippen LogP contribution >= 0.6 is 0 Å². The number of nitriles is 1. The van der Waals surface area contributed by atoms with Crippen molar-refractivity contribution < 1.29 is 0 Å². The molecule has 0 radical (unpaired) electrons. The molecular weight excluding hydrogens is 224 g/mol. The molecule has 0 spiro atoms. The minimum Gasteiger partial charge on any atom is -0.325 e. The topological polar surface area (TPSA) is 56.6 Å². The number of hydrogen-bond acceptors (Lipinski definition) is 2. The first-order valence-electron chi connectivity index (χ1n) is 5.74. The van der Waals surface area contributed by atoms with Crippen LogP contribution in [0, 0.1) is 32.1 Å². The van der Waals surface area contributed by atoms with Crippen molar-refractivity contribution >= 4 is 0 Å². The molecule has 1 N–H and O–H groups in total. The molecule has 2 rings (SSSR count).